The number of hydrogen-bond acceptors (Lipinski definition) is 15. The molecular formula is C60H85N7O14. The first kappa shape index (κ1) is 62.4. The molecule has 0 bridgehead atoms. The van der Waals surface area contributed by atoms with E-state index < -0.39 is 101 Å². The number of nitrogens with one attached hydrogen (secondary N) is 5. The van der Waals surface area contributed by atoms with Crippen molar-refractivity contribution in [1.82, 2.24) is 21.3 Å². The van der Waals surface area contributed by atoms with Crippen molar-refractivity contribution in [1.29, 1.82) is 0 Å². The summed E-state index contributed by atoms with van der Waals surface area (Å²) in [5.41, 5.74) is 10.5. The molecule has 1 aromatic carbocycles. The quantitative estimate of drug-likeness (QED) is 0.0342. The van der Waals surface area contributed by atoms with Gasteiger partial charge in [-0.15, -0.1) is 5.92 Å². The number of hydrogen-bond donors (Lipinski definition) is 8. The molecule has 0 radical (unpaired) electrons. The summed E-state index contributed by atoms with van der Waals surface area (Å²) in [4.78, 5) is 105. The summed E-state index contributed by atoms with van der Waals surface area (Å²) in [6, 6.07) is 2.52. The number of benzene rings is 1. The van der Waals surface area contributed by atoms with Gasteiger partial charge in [0, 0.05) is 41.9 Å². The van der Waals surface area contributed by atoms with Gasteiger partial charge in [-0.05, 0) is 131 Å². The number of unbranched alkanes of at least 4 members (excludes halogenated alkanes) is 1. The largest absolute Gasteiger partial charge is 0.509 e. The summed E-state index contributed by atoms with van der Waals surface area (Å²) in [5, 5.41) is 25.6. The Morgan fingerprint density at radius 3 is 2.41 bits per heavy atom. The minimum atomic E-state index is -1.48. The molecule has 444 valence electrons. The smallest absolute Gasteiger partial charge is 0.429 e. The van der Waals surface area contributed by atoms with E-state index in [-0.39, 0.29) is 74.6 Å². The number of carbonyl (C=O) groups excluding carboxylic acids is 8. The van der Waals surface area contributed by atoms with Gasteiger partial charge in [0.1, 0.15) is 31.4 Å². The first-order valence-electron chi connectivity index (χ1n) is 29.1. The molecule has 10 N–H and O–H groups in total. The van der Waals surface area contributed by atoms with Crippen molar-refractivity contribution in [2.24, 2.45) is 46.0 Å². The fourth-order valence-electron chi connectivity index (χ4n) is 13.4. The number of aliphatic hydroxyl groups excluding tert-OH is 1. The highest BCUT2D eigenvalue weighted by Crippen LogP contribution is 2.69. The maximum Gasteiger partial charge on any atom is 0.509 e. The summed E-state index contributed by atoms with van der Waals surface area (Å²) in [5.74, 6) is 3.06. The number of urea groups is 1. The van der Waals surface area contributed by atoms with Crippen LogP contribution in [0.15, 0.2) is 48.1 Å². The molecule has 1 saturated heterocycles. The van der Waals surface area contributed by atoms with Gasteiger partial charge < -0.3 is 66.8 Å². The number of fused-ring (bicyclic) bond motifs is 7. The monoisotopic (exact) mass is 1130 g/mol. The normalized spacial score (nSPS) is 29.2. The van der Waals surface area contributed by atoms with Crippen molar-refractivity contribution in [3.63, 3.8) is 0 Å². The van der Waals surface area contributed by atoms with E-state index in [2.05, 4.69) is 45.3 Å². The minimum Gasteiger partial charge on any atom is -0.429 e. The Kier molecular flexibility index (Phi) is 21.7. The zero-order valence-corrected chi connectivity index (χ0v) is 47.7. The summed E-state index contributed by atoms with van der Waals surface area (Å²) in [7, 11) is 0. The van der Waals surface area contributed by atoms with Crippen molar-refractivity contribution in [3.05, 3.63) is 53.6 Å². The van der Waals surface area contributed by atoms with Crippen LogP contribution >= 0.6 is 0 Å². The third kappa shape index (κ3) is 15.1. The van der Waals surface area contributed by atoms with Crippen LogP contribution in [-0.2, 0) is 59.1 Å². The number of Topliss-reactive ketones (excluding diaryl/α,β-unsaturated/α-hetero) is 1. The van der Waals surface area contributed by atoms with Crippen molar-refractivity contribution >= 4 is 53.1 Å². The molecule has 3 saturated carbocycles. The standard InChI is InChI=1S/C60H85N7O14/c1-6-15-50-80-48-31-43-42-25-22-38-30-40(68)26-27-58(38,4)51(42)46(69)32-59(43,5)60(48,81-50)47(70)34-79-57(76)78-33-37-20-23-39(24-21-37)65-54(73)45(19-14-29-64-56(62)75)66-55(74)52(36(2)3)67-53(72)44(61)18-12-13-28-63-49(71)35-77-41-16-10-8-7-9-11-17-41/h20-21,23-24,26-27,30,36,41-46,48,50-52,69H,6-10,12-16,18-19,22,25,28-29,31-35,61H2,1-5H3,(H,63,71)(H,65,73)(H,66,74)(H,67,72)(H3,62,64,75)/t41?,42-,43-,44+,45-,46-,48+,50?,51+,52-,58-,59-,60+/m0/s1. The second kappa shape index (κ2) is 28.2. The number of carbonyl (C=O) groups is 8. The Hall–Kier alpha value is -6.18. The molecule has 7 rings (SSSR count). The van der Waals surface area contributed by atoms with Gasteiger partial charge >= 0.3 is 12.2 Å². The first-order chi connectivity index (χ1) is 38.7. The van der Waals surface area contributed by atoms with Crippen LogP contribution in [0.4, 0.5) is 15.3 Å². The predicted molar refractivity (Wildman–Crippen MR) is 298 cm³/mol. The molecular weight excluding hydrogens is 1040 g/mol. The van der Waals surface area contributed by atoms with Gasteiger partial charge in [0.25, 0.3) is 0 Å². The van der Waals surface area contributed by atoms with Crippen LogP contribution in [0.2, 0.25) is 0 Å². The van der Waals surface area contributed by atoms with Gasteiger partial charge in [-0.1, -0.05) is 77.2 Å². The molecule has 0 spiro atoms. The number of ether oxygens (including phenoxy) is 5. The van der Waals surface area contributed by atoms with E-state index in [1.807, 2.05) is 19.9 Å². The summed E-state index contributed by atoms with van der Waals surface area (Å²) >= 11 is 0. The van der Waals surface area contributed by atoms with Crippen LogP contribution in [-0.4, -0.2) is 127 Å². The third-order valence-corrected chi connectivity index (χ3v) is 17.5. The molecule has 81 heavy (non-hydrogen) atoms. The van der Waals surface area contributed by atoms with Crippen LogP contribution in [0.5, 0.6) is 0 Å². The first-order valence-corrected chi connectivity index (χ1v) is 29.1. The van der Waals surface area contributed by atoms with Crippen LogP contribution < -0.4 is 38.1 Å². The third-order valence-electron chi connectivity index (χ3n) is 17.5. The number of anilines is 1. The molecule has 6 amide bonds. The summed E-state index contributed by atoms with van der Waals surface area (Å²) in [6.45, 7) is 9.11. The highest BCUT2D eigenvalue weighted by Gasteiger charge is 2.76. The van der Waals surface area contributed by atoms with Crippen molar-refractivity contribution < 1.29 is 67.1 Å². The van der Waals surface area contributed by atoms with Gasteiger partial charge in [0.15, 0.2) is 24.3 Å². The lowest BCUT2D eigenvalue weighted by Gasteiger charge is -2.59. The van der Waals surface area contributed by atoms with Gasteiger partial charge in [0.05, 0.1) is 18.2 Å². The van der Waals surface area contributed by atoms with Crippen molar-refractivity contribution in [3.8, 4) is 11.8 Å². The Morgan fingerprint density at radius 1 is 0.901 bits per heavy atom. The van der Waals surface area contributed by atoms with Crippen LogP contribution in [0.1, 0.15) is 143 Å². The number of primary amides is 1. The lowest BCUT2D eigenvalue weighted by atomic mass is 9.46. The van der Waals surface area contributed by atoms with Gasteiger partial charge in [-0.2, -0.15) is 0 Å². The van der Waals surface area contributed by atoms with Crippen LogP contribution in [0.25, 0.3) is 0 Å². The summed E-state index contributed by atoms with van der Waals surface area (Å²) in [6.07, 6.45) is 11.9. The van der Waals surface area contributed by atoms with Crippen molar-refractivity contribution in [2.75, 3.05) is 31.6 Å². The number of aliphatic hydroxyl groups is 1. The Labute approximate surface area is 475 Å². The fourth-order valence-corrected chi connectivity index (χ4v) is 13.4. The average molecular weight is 1130 g/mol. The highest BCUT2D eigenvalue weighted by molar-refractivity contribution is 6.01. The van der Waals surface area contributed by atoms with Gasteiger partial charge in [-0.3, -0.25) is 28.8 Å². The molecule has 1 aliphatic heterocycles. The maximum atomic E-state index is 14.6. The van der Waals surface area contributed by atoms with Crippen LogP contribution in [0.3, 0.4) is 0 Å². The van der Waals surface area contributed by atoms with E-state index in [1.54, 1.807) is 50.3 Å². The topological polar surface area (TPSA) is 315 Å². The van der Waals surface area contributed by atoms with E-state index in [4.69, 9.17) is 35.2 Å². The zero-order valence-electron chi connectivity index (χ0n) is 47.7. The number of rotatable bonds is 26. The molecule has 1 aromatic rings. The molecule has 2 unspecified atom stereocenters. The molecule has 21 heteroatoms. The van der Waals surface area contributed by atoms with Gasteiger partial charge in [-0.25, -0.2) is 9.59 Å². The lowest BCUT2D eigenvalue weighted by molar-refractivity contribution is -0.200. The van der Waals surface area contributed by atoms with E-state index in [1.165, 1.54) is 0 Å². The molecule has 13 atom stereocenters. The molecule has 4 fully saturated rings. The Balaban J connectivity index is 0.884. The maximum absolute atomic E-state index is 14.6. The SMILES string of the molecule is CCCC1O[C@@H]2C[C@H]3[C@@H]4CCC5=CC(=O)C=C[C@]5(C)[C@H]4[C@@H](O)C[C@]3(C)[C@]2(C(=O)COC(=O)OCc2ccc(NC(=O)[C@H](CCCNC(N)=O)NC(=O)[C@@H](NC(=O)[C@H](N)CCCCNC(=O)COC3C#CCCCCC3)C(C)C)cc2)O1. The Bertz CT molecular complexity index is 2580. The molecule has 1 heterocycles. The Morgan fingerprint density at radius 2 is 1.67 bits per heavy atom. The highest BCUT2D eigenvalue weighted by atomic mass is 16.8. The average Bonchev–Trinajstić information content (AvgIpc) is 2.87. The molecule has 21 nitrogen and oxygen atoms in total. The number of allylic oxidation sites excluding steroid dienone is 4. The fraction of sp³-hybridized carbons (Fsp3) is 0.667. The van der Waals surface area contributed by atoms with Gasteiger partial charge in [0.2, 0.25) is 29.4 Å². The minimum absolute atomic E-state index is 0.0187. The van der Waals surface area contributed by atoms with E-state index in [9.17, 15) is 43.5 Å². The van der Waals surface area contributed by atoms with Crippen LogP contribution in [0, 0.1) is 46.3 Å². The van der Waals surface area contributed by atoms with E-state index in [0.29, 0.717) is 56.3 Å². The summed E-state index contributed by atoms with van der Waals surface area (Å²) < 4.78 is 29.8. The number of nitrogens with two attached hydrogens (primary N) is 2. The lowest BCUT2D eigenvalue weighted by Crippen LogP contribution is -2.63. The van der Waals surface area contributed by atoms with E-state index >= 15 is 0 Å². The molecule has 0 aromatic heterocycles. The number of ketones is 2. The number of amides is 6. The van der Waals surface area contributed by atoms with E-state index in [0.717, 1.165) is 50.5 Å². The predicted octanol–water partition coefficient (Wildman–Crippen LogP) is 5.06. The van der Waals surface area contributed by atoms with Crippen molar-refractivity contribution in [2.45, 2.75) is 192 Å². The second-order valence-corrected chi connectivity index (χ2v) is 23.5. The molecule has 6 aliphatic rings. The second-order valence-electron chi connectivity index (χ2n) is 23.5. The zero-order chi connectivity index (χ0) is 58.5. The molecule has 5 aliphatic carbocycles.